The molecule has 0 aliphatic rings. The minimum absolute atomic E-state index is 0.101. The zero-order chi connectivity index (χ0) is 11.3. The van der Waals surface area contributed by atoms with Crippen molar-refractivity contribution in [3.05, 3.63) is 29.6 Å². The molecule has 0 bridgehead atoms. The summed E-state index contributed by atoms with van der Waals surface area (Å²) in [6.45, 7) is 4.01. The molecule has 1 rings (SSSR count). The number of rotatable bonds is 5. The summed E-state index contributed by atoms with van der Waals surface area (Å²) in [5.41, 5.74) is 0.263. The Morgan fingerprint density at radius 2 is 2.20 bits per heavy atom. The van der Waals surface area contributed by atoms with Gasteiger partial charge in [0, 0.05) is 18.2 Å². The van der Waals surface area contributed by atoms with Gasteiger partial charge in [-0.2, -0.15) is 0 Å². The molecule has 0 aliphatic heterocycles. The third-order valence-corrected chi connectivity index (χ3v) is 1.94. The van der Waals surface area contributed by atoms with Crippen molar-refractivity contribution in [1.82, 2.24) is 0 Å². The maximum absolute atomic E-state index is 13.3. The van der Waals surface area contributed by atoms with E-state index in [-0.39, 0.29) is 12.4 Å². The topological polar surface area (TPSA) is 38.7 Å². The van der Waals surface area contributed by atoms with Crippen LogP contribution in [0.3, 0.4) is 0 Å². The molecule has 84 valence electrons. The van der Waals surface area contributed by atoms with Gasteiger partial charge in [-0.05, 0) is 26.0 Å². The van der Waals surface area contributed by atoms with E-state index in [9.17, 15) is 9.50 Å². The quantitative estimate of drug-likeness (QED) is 0.603. The van der Waals surface area contributed by atoms with E-state index in [0.717, 1.165) is 0 Å². The van der Waals surface area contributed by atoms with Crippen LogP contribution in [0.5, 0.6) is 5.75 Å². The van der Waals surface area contributed by atoms with Crippen LogP contribution in [-0.4, -0.2) is 18.5 Å². The third-order valence-electron chi connectivity index (χ3n) is 1.94. The number of benzene rings is 1. The van der Waals surface area contributed by atoms with E-state index in [0.29, 0.717) is 12.4 Å². The Hall–Kier alpha value is -1.13. The second kappa shape index (κ2) is 5.68. The molecule has 0 radical (unpaired) electrons. The Kier molecular flexibility index (Phi) is 4.52. The molecule has 15 heavy (non-hydrogen) atoms. The van der Waals surface area contributed by atoms with Gasteiger partial charge in [0.05, 0.1) is 6.10 Å². The van der Waals surface area contributed by atoms with E-state index in [4.69, 9.17) is 9.47 Å². The van der Waals surface area contributed by atoms with Crippen LogP contribution in [0.15, 0.2) is 18.2 Å². The van der Waals surface area contributed by atoms with Crippen LogP contribution in [0.25, 0.3) is 0 Å². The summed E-state index contributed by atoms with van der Waals surface area (Å²) in [6, 6.07) is 4.34. The van der Waals surface area contributed by atoms with Gasteiger partial charge in [-0.1, -0.05) is 0 Å². The second-order valence-electron chi connectivity index (χ2n) is 3.11. The van der Waals surface area contributed by atoms with Crippen LogP contribution in [0.4, 0.5) is 4.39 Å². The SMILES string of the molecule is CCOCOc1ccc(C(C)O)c(F)c1. The Labute approximate surface area is 88.4 Å². The summed E-state index contributed by atoms with van der Waals surface area (Å²) in [7, 11) is 0. The van der Waals surface area contributed by atoms with Gasteiger partial charge in [0.2, 0.25) is 0 Å². The van der Waals surface area contributed by atoms with Crippen molar-refractivity contribution >= 4 is 0 Å². The first-order valence-electron chi connectivity index (χ1n) is 4.83. The van der Waals surface area contributed by atoms with Crippen LogP contribution in [0.1, 0.15) is 25.5 Å². The maximum Gasteiger partial charge on any atom is 0.189 e. The minimum Gasteiger partial charge on any atom is -0.467 e. The van der Waals surface area contributed by atoms with E-state index in [2.05, 4.69) is 0 Å². The highest BCUT2D eigenvalue weighted by molar-refractivity contribution is 5.29. The lowest BCUT2D eigenvalue weighted by atomic mass is 10.1. The fourth-order valence-electron chi connectivity index (χ4n) is 1.13. The highest BCUT2D eigenvalue weighted by Crippen LogP contribution is 2.21. The van der Waals surface area contributed by atoms with Gasteiger partial charge in [-0.15, -0.1) is 0 Å². The van der Waals surface area contributed by atoms with E-state index in [1.165, 1.54) is 19.1 Å². The molecule has 3 nitrogen and oxygen atoms in total. The van der Waals surface area contributed by atoms with Crippen molar-refractivity contribution in [3.63, 3.8) is 0 Å². The third kappa shape index (κ3) is 3.49. The Morgan fingerprint density at radius 3 is 2.73 bits per heavy atom. The zero-order valence-electron chi connectivity index (χ0n) is 8.87. The normalized spacial score (nSPS) is 12.5. The van der Waals surface area contributed by atoms with Crippen molar-refractivity contribution in [2.45, 2.75) is 20.0 Å². The highest BCUT2D eigenvalue weighted by Gasteiger charge is 2.08. The Morgan fingerprint density at radius 1 is 1.47 bits per heavy atom. The van der Waals surface area contributed by atoms with Gasteiger partial charge >= 0.3 is 0 Å². The highest BCUT2D eigenvalue weighted by atomic mass is 19.1. The molecule has 0 fully saturated rings. The van der Waals surface area contributed by atoms with Crippen LogP contribution in [0.2, 0.25) is 0 Å². The summed E-state index contributed by atoms with van der Waals surface area (Å²) in [5.74, 6) is -0.0793. The summed E-state index contributed by atoms with van der Waals surface area (Å²) >= 11 is 0. The predicted molar refractivity (Wildman–Crippen MR) is 54.2 cm³/mol. The maximum atomic E-state index is 13.3. The Bertz CT molecular complexity index is 313. The minimum atomic E-state index is -0.814. The molecule has 1 atom stereocenters. The number of aliphatic hydroxyl groups is 1. The number of aliphatic hydroxyl groups excluding tert-OH is 1. The number of ether oxygens (including phenoxy) is 2. The van der Waals surface area contributed by atoms with Gasteiger partial charge < -0.3 is 14.6 Å². The van der Waals surface area contributed by atoms with E-state index >= 15 is 0 Å². The molecule has 1 N–H and O–H groups in total. The first-order valence-corrected chi connectivity index (χ1v) is 4.83. The molecule has 1 aromatic carbocycles. The molecule has 4 heteroatoms. The van der Waals surface area contributed by atoms with Crippen LogP contribution in [-0.2, 0) is 4.74 Å². The van der Waals surface area contributed by atoms with E-state index in [1.807, 2.05) is 6.92 Å². The van der Waals surface area contributed by atoms with E-state index < -0.39 is 11.9 Å². The smallest absolute Gasteiger partial charge is 0.189 e. The zero-order valence-corrected chi connectivity index (χ0v) is 8.87. The van der Waals surface area contributed by atoms with Crippen molar-refractivity contribution in [2.24, 2.45) is 0 Å². The molecule has 1 unspecified atom stereocenters. The molecular weight excluding hydrogens is 199 g/mol. The van der Waals surface area contributed by atoms with Gasteiger partial charge in [0.25, 0.3) is 0 Å². The van der Waals surface area contributed by atoms with Crippen LogP contribution < -0.4 is 4.74 Å². The van der Waals surface area contributed by atoms with Gasteiger partial charge in [0.15, 0.2) is 6.79 Å². The summed E-state index contributed by atoms with van der Waals surface area (Å²) in [5, 5.41) is 9.20. The second-order valence-corrected chi connectivity index (χ2v) is 3.11. The molecule has 0 spiro atoms. The predicted octanol–water partition coefficient (Wildman–Crippen LogP) is 2.25. The molecule has 0 aliphatic carbocycles. The summed E-state index contributed by atoms with van der Waals surface area (Å²) in [4.78, 5) is 0. The van der Waals surface area contributed by atoms with Gasteiger partial charge in [-0.25, -0.2) is 4.39 Å². The average molecular weight is 214 g/mol. The molecule has 0 aromatic heterocycles. The standard InChI is InChI=1S/C11H15FO3/c1-3-14-7-15-9-4-5-10(8(2)13)11(12)6-9/h4-6,8,13H,3,7H2,1-2H3. The lowest BCUT2D eigenvalue weighted by molar-refractivity contribution is 0.0222. The number of hydrogen-bond acceptors (Lipinski definition) is 3. The van der Waals surface area contributed by atoms with Crippen molar-refractivity contribution in [3.8, 4) is 5.75 Å². The number of hydrogen-bond donors (Lipinski definition) is 1. The van der Waals surface area contributed by atoms with E-state index in [1.54, 1.807) is 6.07 Å². The first-order chi connectivity index (χ1) is 7.15. The largest absolute Gasteiger partial charge is 0.467 e. The van der Waals surface area contributed by atoms with Gasteiger partial charge in [0.1, 0.15) is 11.6 Å². The summed E-state index contributed by atoms with van der Waals surface area (Å²) < 4.78 is 23.4. The monoisotopic (exact) mass is 214 g/mol. The molecular formula is C11H15FO3. The van der Waals surface area contributed by atoms with Crippen molar-refractivity contribution < 1.29 is 19.0 Å². The lowest BCUT2D eigenvalue weighted by Crippen LogP contribution is -2.03. The fraction of sp³-hybridized carbons (Fsp3) is 0.455. The molecule has 0 heterocycles. The summed E-state index contributed by atoms with van der Waals surface area (Å²) in [6.07, 6.45) is -0.814. The first kappa shape index (κ1) is 11.9. The molecule has 0 saturated heterocycles. The van der Waals surface area contributed by atoms with Crippen LogP contribution in [0, 0.1) is 5.82 Å². The average Bonchev–Trinajstić information content (AvgIpc) is 2.17. The van der Waals surface area contributed by atoms with Gasteiger partial charge in [-0.3, -0.25) is 0 Å². The van der Waals surface area contributed by atoms with Crippen LogP contribution >= 0.6 is 0 Å². The lowest BCUT2D eigenvalue weighted by Gasteiger charge is -2.09. The fourth-order valence-corrected chi connectivity index (χ4v) is 1.13. The van der Waals surface area contributed by atoms with Crippen molar-refractivity contribution in [2.75, 3.05) is 13.4 Å². The molecule has 1 aromatic rings. The Balaban J connectivity index is 2.65. The molecule has 0 saturated carbocycles. The number of halogens is 1. The van der Waals surface area contributed by atoms with Crippen molar-refractivity contribution in [1.29, 1.82) is 0 Å². The molecule has 0 amide bonds.